The molecule has 4 rings (SSSR count). The van der Waals surface area contributed by atoms with E-state index >= 15 is 0 Å². The van der Waals surface area contributed by atoms with Crippen LogP contribution in [0.1, 0.15) is 26.7 Å². The lowest BCUT2D eigenvalue weighted by atomic mass is 9.85. The average Bonchev–Trinajstić information content (AvgIpc) is 3.26. The van der Waals surface area contributed by atoms with Gasteiger partial charge in [0.25, 0.3) is 0 Å². The molecule has 2 heterocycles. The number of H-pyrrole nitrogens is 1. The van der Waals surface area contributed by atoms with Crippen LogP contribution in [0.2, 0.25) is 10.0 Å². The lowest BCUT2D eigenvalue weighted by Crippen LogP contribution is -2.43. The number of benzene rings is 2. The first-order chi connectivity index (χ1) is 15.1. The van der Waals surface area contributed by atoms with E-state index in [2.05, 4.69) is 20.6 Å². The molecule has 0 amide bonds. The Hall–Kier alpha value is -2.40. The zero-order valence-electron chi connectivity index (χ0n) is 17.3. The van der Waals surface area contributed by atoms with Crippen molar-refractivity contribution >= 4 is 33.2 Å². The van der Waals surface area contributed by atoms with Gasteiger partial charge >= 0.3 is 0 Å². The molecule has 0 bridgehead atoms. The van der Waals surface area contributed by atoms with Gasteiger partial charge in [-0.1, -0.05) is 37.0 Å². The van der Waals surface area contributed by atoms with E-state index in [4.69, 9.17) is 27.9 Å². The second-order valence-electron chi connectivity index (χ2n) is 8.34. The summed E-state index contributed by atoms with van der Waals surface area (Å²) in [6.45, 7) is 4.81. The number of rotatable bonds is 5. The Kier molecular flexibility index (Phi) is 6.06. The number of aromatic nitrogens is 4. The topological polar surface area (TPSA) is 121 Å². The fourth-order valence-electron chi connectivity index (χ4n) is 3.67. The van der Waals surface area contributed by atoms with Crippen LogP contribution in [0, 0.1) is 5.41 Å². The van der Waals surface area contributed by atoms with Crippen LogP contribution in [0.25, 0.3) is 11.4 Å². The van der Waals surface area contributed by atoms with E-state index in [0.717, 1.165) is 12.8 Å². The minimum absolute atomic E-state index is 0.133. The van der Waals surface area contributed by atoms with Crippen molar-refractivity contribution in [2.24, 2.45) is 5.41 Å². The van der Waals surface area contributed by atoms with Crippen molar-refractivity contribution in [1.29, 1.82) is 0 Å². The fourth-order valence-corrected chi connectivity index (χ4v) is 6.00. The molecule has 0 aliphatic carbocycles. The number of hydrogen-bond donors (Lipinski definition) is 2. The number of tetrazole rings is 1. The minimum atomic E-state index is -3.92. The van der Waals surface area contributed by atoms with Crippen LogP contribution in [0.5, 0.6) is 17.2 Å². The van der Waals surface area contributed by atoms with Crippen LogP contribution in [0.4, 0.5) is 0 Å². The van der Waals surface area contributed by atoms with Gasteiger partial charge in [0, 0.05) is 24.7 Å². The number of aromatic hydroxyl groups is 1. The van der Waals surface area contributed by atoms with Gasteiger partial charge in [-0.3, -0.25) is 0 Å². The number of hydrogen-bond acceptors (Lipinski definition) is 7. The predicted molar refractivity (Wildman–Crippen MR) is 120 cm³/mol. The molecule has 1 fully saturated rings. The SMILES string of the molecule is CC1(C)CCCN(S(=O)(=O)c2cc(Oc3c(Cl)cc(-c4nn[nH]n4)cc3Cl)ccc2O)C1. The van der Waals surface area contributed by atoms with E-state index in [1.165, 1.54) is 22.5 Å². The Balaban J connectivity index is 1.65. The summed E-state index contributed by atoms with van der Waals surface area (Å²) in [6.07, 6.45) is 1.69. The second-order valence-corrected chi connectivity index (χ2v) is 11.1. The summed E-state index contributed by atoms with van der Waals surface area (Å²) in [5, 5.41) is 24.3. The fraction of sp³-hybridized carbons (Fsp3) is 0.350. The van der Waals surface area contributed by atoms with Crippen LogP contribution in [-0.4, -0.2) is 51.5 Å². The van der Waals surface area contributed by atoms with Crippen LogP contribution >= 0.6 is 23.2 Å². The zero-order chi connectivity index (χ0) is 23.1. The lowest BCUT2D eigenvalue weighted by Gasteiger charge is -2.37. The van der Waals surface area contributed by atoms with E-state index in [-0.39, 0.29) is 37.6 Å². The molecule has 0 spiro atoms. The molecule has 170 valence electrons. The van der Waals surface area contributed by atoms with E-state index in [9.17, 15) is 13.5 Å². The highest BCUT2D eigenvalue weighted by atomic mass is 35.5. The summed E-state index contributed by atoms with van der Waals surface area (Å²) in [5.74, 6) is 0.246. The highest BCUT2D eigenvalue weighted by molar-refractivity contribution is 7.89. The predicted octanol–water partition coefficient (Wildman–Crippen LogP) is 4.48. The number of halogens is 2. The van der Waals surface area contributed by atoms with Gasteiger partial charge in [-0.05, 0) is 47.7 Å². The monoisotopic (exact) mass is 497 g/mol. The molecule has 0 atom stereocenters. The summed E-state index contributed by atoms with van der Waals surface area (Å²) in [4.78, 5) is -0.233. The quantitative estimate of drug-likeness (QED) is 0.532. The molecule has 0 unspecified atom stereocenters. The van der Waals surface area contributed by atoms with E-state index in [1.807, 2.05) is 13.8 Å². The number of nitrogens with zero attached hydrogens (tertiary/aromatic N) is 4. The molecule has 3 aromatic rings. The smallest absolute Gasteiger partial charge is 0.246 e. The van der Waals surface area contributed by atoms with Gasteiger partial charge in [-0.2, -0.15) is 9.52 Å². The third-order valence-corrected chi connectivity index (χ3v) is 7.67. The Labute approximate surface area is 195 Å². The van der Waals surface area contributed by atoms with Crippen molar-refractivity contribution in [2.45, 2.75) is 31.6 Å². The third-order valence-electron chi connectivity index (χ3n) is 5.24. The second kappa shape index (κ2) is 8.51. The maximum absolute atomic E-state index is 13.2. The summed E-state index contributed by atoms with van der Waals surface area (Å²) >= 11 is 12.7. The number of ether oxygens (including phenoxy) is 1. The van der Waals surface area contributed by atoms with Crippen molar-refractivity contribution in [3.8, 4) is 28.6 Å². The number of phenols is 1. The van der Waals surface area contributed by atoms with Gasteiger partial charge in [-0.15, -0.1) is 10.2 Å². The number of piperidine rings is 1. The molecule has 1 aliphatic rings. The standard InChI is InChI=1S/C20H21Cl2N5O4S/c1-20(2)6-3-7-27(11-20)32(29,30)17-10-13(4-5-16(17)28)31-18-14(21)8-12(9-15(18)22)19-23-25-26-24-19/h4-5,8-10,28H,3,6-7,11H2,1-2H3,(H,23,24,25,26). The zero-order valence-corrected chi connectivity index (χ0v) is 19.7. The molecular formula is C20H21Cl2N5O4S. The third kappa shape index (κ3) is 4.54. The molecule has 1 aromatic heterocycles. The van der Waals surface area contributed by atoms with Gasteiger partial charge < -0.3 is 9.84 Å². The molecule has 0 radical (unpaired) electrons. The first-order valence-electron chi connectivity index (χ1n) is 9.81. The van der Waals surface area contributed by atoms with Crippen LogP contribution in [0.15, 0.2) is 35.2 Å². The lowest BCUT2D eigenvalue weighted by molar-refractivity contribution is 0.186. The van der Waals surface area contributed by atoms with Crippen LogP contribution in [0.3, 0.4) is 0 Å². The Morgan fingerprint density at radius 2 is 1.91 bits per heavy atom. The molecule has 1 saturated heterocycles. The van der Waals surface area contributed by atoms with Gasteiger partial charge in [0.15, 0.2) is 5.75 Å². The summed E-state index contributed by atoms with van der Waals surface area (Å²) in [7, 11) is -3.92. The highest BCUT2D eigenvalue weighted by Gasteiger charge is 2.35. The first kappa shape index (κ1) is 22.8. The Bertz CT molecular complexity index is 1230. The Morgan fingerprint density at radius 3 is 2.53 bits per heavy atom. The summed E-state index contributed by atoms with van der Waals surface area (Å²) in [6, 6.07) is 7.09. The van der Waals surface area contributed by atoms with E-state index in [0.29, 0.717) is 24.5 Å². The maximum atomic E-state index is 13.2. The average molecular weight is 498 g/mol. The Morgan fingerprint density at radius 1 is 1.19 bits per heavy atom. The highest BCUT2D eigenvalue weighted by Crippen LogP contribution is 2.41. The molecule has 2 aromatic carbocycles. The van der Waals surface area contributed by atoms with Gasteiger partial charge in [-0.25, -0.2) is 8.42 Å². The summed E-state index contributed by atoms with van der Waals surface area (Å²) < 4.78 is 33.7. The first-order valence-corrected chi connectivity index (χ1v) is 12.0. The molecule has 0 saturated carbocycles. The summed E-state index contributed by atoms with van der Waals surface area (Å²) in [5.41, 5.74) is 0.388. The maximum Gasteiger partial charge on any atom is 0.246 e. The van der Waals surface area contributed by atoms with Crippen LogP contribution in [-0.2, 0) is 10.0 Å². The number of phenolic OH excluding ortho intramolecular Hbond substituents is 1. The molecule has 32 heavy (non-hydrogen) atoms. The largest absolute Gasteiger partial charge is 0.507 e. The molecule has 2 N–H and O–H groups in total. The van der Waals surface area contributed by atoms with Crippen molar-refractivity contribution < 1.29 is 18.3 Å². The van der Waals surface area contributed by atoms with E-state index < -0.39 is 10.0 Å². The van der Waals surface area contributed by atoms with E-state index in [1.54, 1.807) is 12.1 Å². The molecule has 12 heteroatoms. The van der Waals surface area contributed by atoms with Crippen LogP contribution < -0.4 is 4.74 Å². The molecular weight excluding hydrogens is 477 g/mol. The number of nitrogens with one attached hydrogen (secondary N) is 1. The van der Waals surface area contributed by atoms with Gasteiger partial charge in [0.05, 0.1) is 10.0 Å². The van der Waals surface area contributed by atoms with Gasteiger partial charge in [0.2, 0.25) is 15.8 Å². The normalized spacial score (nSPS) is 16.8. The van der Waals surface area contributed by atoms with Gasteiger partial charge in [0.1, 0.15) is 16.4 Å². The number of sulfonamides is 1. The molecule has 1 aliphatic heterocycles. The van der Waals surface area contributed by atoms with Crippen molar-refractivity contribution in [2.75, 3.05) is 13.1 Å². The minimum Gasteiger partial charge on any atom is -0.507 e. The van der Waals surface area contributed by atoms with Crippen molar-refractivity contribution in [3.05, 3.63) is 40.4 Å². The number of aromatic amines is 1. The molecule has 9 nitrogen and oxygen atoms in total. The van der Waals surface area contributed by atoms with Crippen molar-refractivity contribution in [3.63, 3.8) is 0 Å². The van der Waals surface area contributed by atoms with Crippen molar-refractivity contribution in [1.82, 2.24) is 24.9 Å².